The first kappa shape index (κ1) is 29.7. The second kappa shape index (κ2) is 13.5. The lowest BCUT2D eigenvalue weighted by molar-refractivity contribution is -0.185. The van der Waals surface area contributed by atoms with E-state index in [4.69, 9.17) is 13.9 Å². The summed E-state index contributed by atoms with van der Waals surface area (Å²) < 4.78 is 16.8. The summed E-state index contributed by atoms with van der Waals surface area (Å²) in [6, 6.07) is 17.7. The van der Waals surface area contributed by atoms with Crippen LogP contribution in [-0.2, 0) is 14.3 Å². The van der Waals surface area contributed by atoms with Gasteiger partial charge < -0.3 is 39.8 Å². The molecule has 222 valence electrons. The van der Waals surface area contributed by atoms with Gasteiger partial charge in [0.25, 0.3) is 5.91 Å². The third-order valence-electron chi connectivity index (χ3n) is 7.74. The molecule has 3 aromatic rings. The zero-order valence-electron chi connectivity index (χ0n) is 23.5. The van der Waals surface area contributed by atoms with E-state index in [2.05, 4.69) is 33.7 Å². The fourth-order valence-corrected chi connectivity index (χ4v) is 5.14. The fraction of sp³-hybridized carbons (Fsp3) is 0.419. The number of morpholine rings is 1. The highest BCUT2D eigenvalue weighted by molar-refractivity contribution is 6.04. The Morgan fingerprint density at radius 2 is 1.81 bits per heavy atom. The minimum absolute atomic E-state index is 0.144. The van der Waals surface area contributed by atoms with Crippen LogP contribution >= 0.6 is 0 Å². The standard InChI is InChI=1S/C31H36N4O7/c1-19(24(16-32)31(39)34-17-28-30(38)29(37)25(36)18-41-28)26-6-7-27(42-26)22-3-2-21-15-23(5-4-20(21)14-22)33-8-9-35-10-12-40-13-11-35/h2-7,14-15,25,28-30,33,36-38H,8-13,17-18H2,1H3,(H,34,39)/b24-19+/t25-,28+,29+,30+/m0/s1. The Morgan fingerprint density at radius 3 is 2.60 bits per heavy atom. The number of fused-ring (bicyclic) bond motifs is 1. The van der Waals surface area contributed by atoms with Crippen molar-refractivity contribution in [3.63, 3.8) is 0 Å². The number of carbonyl (C=O) groups excluding carboxylic acids is 1. The van der Waals surface area contributed by atoms with Crippen molar-refractivity contribution in [3.8, 4) is 17.4 Å². The molecule has 2 saturated heterocycles. The summed E-state index contributed by atoms with van der Waals surface area (Å²) in [5.41, 5.74) is 2.14. The molecule has 5 rings (SSSR count). The van der Waals surface area contributed by atoms with Crippen LogP contribution in [0.25, 0.3) is 27.7 Å². The molecule has 2 aliphatic heterocycles. The zero-order chi connectivity index (χ0) is 29.6. The molecule has 1 aromatic heterocycles. The monoisotopic (exact) mass is 576 g/mol. The Morgan fingerprint density at radius 1 is 1.05 bits per heavy atom. The smallest absolute Gasteiger partial charge is 0.262 e. The third kappa shape index (κ3) is 6.82. The van der Waals surface area contributed by atoms with Gasteiger partial charge >= 0.3 is 0 Å². The average Bonchev–Trinajstić information content (AvgIpc) is 3.51. The maximum atomic E-state index is 12.8. The van der Waals surface area contributed by atoms with Crippen LogP contribution in [0.3, 0.4) is 0 Å². The predicted molar refractivity (Wildman–Crippen MR) is 156 cm³/mol. The number of carbonyl (C=O) groups is 1. The number of nitrogens with zero attached hydrogens (tertiary/aromatic N) is 2. The van der Waals surface area contributed by atoms with Crippen molar-refractivity contribution in [2.24, 2.45) is 0 Å². The van der Waals surface area contributed by atoms with Gasteiger partial charge in [-0.25, -0.2) is 0 Å². The van der Waals surface area contributed by atoms with Gasteiger partial charge in [-0.3, -0.25) is 9.69 Å². The number of benzene rings is 2. The normalized spacial score (nSPS) is 23.7. The van der Waals surface area contributed by atoms with E-state index in [0.717, 1.165) is 61.4 Å². The first-order chi connectivity index (χ1) is 20.3. The highest BCUT2D eigenvalue weighted by atomic mass is 16.5. The topological polar surface area (TPSA) is 160 Å². The van der Waals surface area contributed by atoms with Gasteiger partial charge in [0.05, 0.1) is 19.8 Å². The minimum Gasteiger partial charge on any atom is -0.456 e. The van der Waals surface area contributed by atoms with Crippen molar-refractivity contribution in [2.75, 3.05) is 57.9 Å². The van der Waals surface area contributed by atoms with E-state index in [0.29, 0.717) is 17.1 Å². The lowest BCUT2D eigenvalue weighted by Gasteiger charge is -2.35. The van der Waals surface area contributed by atoms with Crippen LogP contribution in [0.15, 0.2) is 58.5 Å². The van der Waals surface area contributed by atoms with E-state index in [1.807, 2.05) is 24.3 Å². The van der Waals surface area contributed by atoms with E-state index in [1.54, 1.807) is 19.1 Å². The number of allylic oxidation sites excluding steroid dienone is 1. The van der Waals surface area contributed by atoms with Crippen LogP contribution in [0.1, 0.15) is 12.7 Å². The van der Waals surface area contributed by atoms with Crippen molar-refractivity contribution in [2.45, 2.75) is 31.3 Å². The van der Waals surface area contributed by atoms with Crippen LogP contribution in [0.5, 0.6) is 0 Å². The number of aliphatic hydroxyl groups excluding tert-OH is 3. The molecule has 1 amide bonds. The van der Waals surface area contributed by atoms with Crippen molar-refractivity contribution >= 4 is 27.9 Å². The number of hydrogen-bond acceptors (Lipinski definition) is 10. The van der Waals surface area contributed by atoms with Crippen LogP contribution in [0.4, 0.5) is 5.69 Å². The molecule has 0 radical (unpaired) electrons. The first-order valence-corrected chi connectivity index (χ1v) is 14.1. The molecule has 0 aliphatic carbocycles. The first-order valence-electron chi connectivity index (χ1n) is 14.1. The van der Waals surface area contributed by atoms with Gasteiger partial charge in [0.2, 0.25) is 0 Å². The Kier molecular flexibility index (Phi) is 9.54. The maximum Gasteiger partial charge on any atom is 0.262 e. The van der Waals surface area contributed by atoms with E-state index in [-0.39, 0.29) is 18.7 Å². The number of aliphatic hydroxyl groups is 3. The number of hydrogen-bond donors (Lipinski definition) is 5. The molecule has 0 spiro atoms. The van der Waals surface area contributed by atoms with Crippen molar-refractivity contribution in [1.82, 2.24) is 10.2 Å². The van der Waals surface area contributed by atoms with Crippen LogP contribution < -0.4 is 10.6 Å². The number of ether oxygens (including phenoxy) is 2. The second-order valence-corrected chi connectivity index (χ2v) is 10.6. The summed E-state index contributed by atoms with van der Waals surface area (Å²) in [7, 11) is 0. The van der Waals surface area contributed by atoms with Gasteiger partial charge in [-0.15, -0.1) is 0 Å². The van der Waals surface area contributed by atoms with E-state index in [1.165, 1.54) is 0 Å². The van der Waals surface area contributed by atoms with E-state index < -0.39 is 30.3 Å². The Hall–Kier alpha value is -3.76. The Labute approximate surface area is 243 Å². The molecule has 0 unspecified atom stereocenters. The Balaban J connectivity index is 1.22. The van der Waals surface area contributed by atoms with Crippen LogP contribution in [-0.4, -0.2) is 103 Å². The quantitative estimate of drug-likeness (QED) is 0.188. The molecule has 3 heterocycles. The molecule has 11 heteroatoms. The summed E-state index contributed by atoms with van der Waals surface area (Å²) in [6.45, 7) is 6.66. The van der Waals surface area contributed by atoms with Gasteiger partial charge in [0.1, 0.15) is 47.6 Å². The lowest BCUT2D eigenvalue weighted by Crippen LogP contribution is -2.56. The summed E-state index contributed by atoms with van der Waals surface area (Å²) in [4.78, 5) is 15.2. The third-order valence-corrected chi connectivity index (χ3v) is 7.74. The van der Waals surface area contributed by atoms with Gasteiger partial charge in [-0.2, -0.15) is 5.26 Å². The molecule has 4 atom stereocenters. The van der Waals surface area contributed by atoms with Gasteiger partial charge in [-0.1, -0.05) is 18.2 Å². The van der Waals surface area contributed by atoms with Gasteiger partial charge in [0.15, 0.2) is 0 Å². The van der Waals surface area contributed by atoms with Gasteiger partial charge in [0, 0.05) is 49.5 Å². The largest absolute Gasteiger partial charge is 0.456 e. The van der Waals surface area contributed by atoms with Gasteiger partial charge in [-0.05, 0) is 48.0 Å². The summed E-state index contributed by atoms with van der Waals surface area (Å²) in [5, 5.41) is 47.4. The molecular weight excluding hydrogens is 540 g/mol. The van der Waals surface area contributed by atoms with Crippen molar-refractivity contribution in [3.05, 3.63) is 59.9 Å². The van der Waals surface area contributed by atoms with Crippen LogP contribution in [0, 0.1) is 11.3 Å². The average molecular weight is 577 g/mol. The number of nitrogens with one attached hydrogen (secondary N) is 2. The maximum absolute atomic E-state index is 12.8. The number of furan rings is 1. The van der Waals surface area contributed by atoms with E-state index >= 15 is 0 Å². The molecule has 2 fully saturated rings. The Bertz CT molecular complexity index is 1470. The molecule has 11 nitrogen and oxygen atoms in total. The molecule has 2 aliphatic rings. The number of amides is 1. The summed E-state index contributed by atoms with van der Waals surface area (Å²) in [5.74, 6) is 0.316. The fourth-order valence-electron chi connectivity index (χ4n) is 5.14. The summed E-state index contributed by atoms with van der Waals surface area (Å²) in [6.07, 6.45) is -4.88. The highest BCUT2D eigenvalue weighted by Crippen LogP contribution is 2.30. The predicted octanol–water partition coefficient (Wildman–Crippen LogP) is 1.74. The SMILES string of the molecule is C/C(=C(/C#N)C(=O)NC[C@H]1OC[C@H](O)[C@@H](O)[C@@H]1O)c1ccc(-c2ccc3cc(NCCN4CCOCC4)ccc3c2)o1. The molecule has 2 aromatic carbocycles. The molecule has 0 saturated carbocycles. The van der Waals surface area contributed by atoms with Crippen molar-refractivity contribution in [1.29, 1.82) is 5.26 Å². The number of rotatable bonds is 9. The second-order valence-electron chi connectivity index (χ2n) is 10.6. The summed E-state index contributed by atoms with van der Waals surface area (Å²) >= 11 is 0. The molecular formula is C31H36N4O7. The lowest BCUT2D eigenvalue weighted by atomic mass is 10.00. The zero-order valence-corrected chi connectivity index (χ0v) is 23.5. The molecule has 42 heavy (non-hydrogen) atoms. The van der Waals surface area contributed by atoms with Crippen molar-refractivity contribution < 1.29 is 34.0 Å². The van der Waals surface area contributed by atoms with E-state index in [9.17, 15) is 25.4 Å². The number of anilines is 1. The minimum atomic E-state index is -1.38. The van der Waals surface area contributed by atoms with Crippen LogP contribution in [0.2, 0.25) is 0 Å². The molecule has 5 N–H and O–H groups in total. The molecule has 0 bridgehead atoms. The highest BCUT2D eigenvalue weighted by Gasteiger charge is 2.37. The number of nitriles is 1.